The predicted molar refractivity (Wildman–Crippen MR) is 119 cm³/mol. The van der Waals surface area contributed by atoms with E-state index in [1.807, 2.05) is 0 Å². The summed E-state index contributed by atoms with van der Waals surface area (Å²) in [5.74, 6) is 0. The Morgan fingerprint density at radius 2 is 1.26 bits per heavy atom. The molecule has 2 aromatic heterocycles. The smallest absolute Gasteiger partial charge is 0.339 e. The van der Waals surface area contributed by atoms with Crippen LogP contribution in [0.15, 0.2) is 71.5 Å². The number of aromatic amines is 1. The molecule has 0 fully saturated rings. The van der Waals surface area contributed by atoms with Crippen molar-refractivity contribution in [3.8, 4) is 22.3 Å². The highest BCUT2D eigenvalue weighted by atomic mass is 19.4. The summed E-state index contributed by atoms with van der Waals surface area (Å²) >= 11 is 0. The van der Waals surface area contributed by atoms with E-state index in [4.69, 9.17) is 0 Å². The lowest BCUT2D eigenvalue weighted by molar-refractivity contribution is -0.138. The molecule has 0 aliphatic carbocycles. The molecule has 0 amide bonds. The standard InChI is InChI=1S/C25H15F6N3O/c1-13-21(15-4-9-18(10-5-15)25(29,30)31)22-32-20-12-16(6-11-19(20)23(35)34(22)33-13)14-2-7-17(8-3-14)24(26,27)28/h2-12,32H,1H3. The van der Waals surface area contributed by atoms with Gasteiger partial charge in [-0.25, -0.2) is 0 Å². The van der Waals surface area contributed by atoms with Gasteiger partial charge >= 0.3 is 12.4 Å². The monoisotopic (exact) mass is 487 g/mol. The van der Waals surface area contributed by atoms with Crippen molar-refractivity contribution in [2.45, 2.75) is 19.3 Å². The lowest BCUT2D eigenvalue weighted by Crippen LogP contribution is -2.15. The van der Waals surface area contributed by atoms with E-state index < -0.39 is 29.0 Å². The van der Waals surface area contributed by atoms with Crippen LogP contribution in [0.3, 0.4) is 0 Å². The van der Waals surface area contributed by atoms with Gasteiger partial charge in [0.1, 0.15) is 5.65 Å². The highest BCUT2D eigenvalue weighted by molar-refractivity contribution is 5.88. The number of aryl methyl sites for hydroxylation is 1. The first kappa shape index (κ1) is 22.7. The van der Waals surface area contributed by atoms with E-state index in [1.165, 1.54) is 24.3 Å². The largest absolute Gasteiger partial charge is 0.416 e. The quantitative estimate of drug-likeness (QED) is 0.277. The number of nitrogens with one attached hydrogen (secondary N) is 1. The Bertz CT molecular complexity index is 1630. The normalized spacial score (nSPS) is 12.5. The van der Waals surface area contributed by atoms with Crippen molar-refractivity contribution in [2.24, 2.45) is 0 Å². The van der Waals surface area contributed by atoms with E-state index in [0.717, 1.165) is 28.8 Å². The van der Waals surface area contributed by atoms with E-state index in [1.54, 1.807) is 25.1 Å². The Morgan fingerprint density at radius 1 is 0.743 bits per heavy atom. The van der Waals surface area contributed by atoms with Gasteiger partial charge < -0.3 is 4.98 Å². The number of aromatic nitrogens is 3. The van der Waals surface area contributed by atoms with Crippen LogP contribution in [0.25, 0.3) is 38.8 Å². The Hall–Kier alpha value is -4.08. The molecule has 0 spiro atoms. The maximum atomic E-state index is 13.1. The lowest BCUT2D eigenvalue weighted by atomic mass is 10.0. The highest BCUT2D eigenvalue weighted by Gasteiger charge is 2.31. The molecule has 3 aromatic carbocycles. The SMILES string of the molecule is Cc1nn2c(=O)c3ccc(-c4ccc(C(F)(F)F)cc4)cc3[nH]c2c1-c1ccc(C(F)(F)F)cc1. The lowest BCUT2D eigenvalue weighted by Gasteiger charge is -2.09. The third-order valence-electron chi connectivity index (χ3n) is 5.80. The predicted octanol–water partition coefficient (Wildman–Crippen LogP) is 6.86. The minimum atomic E-state index is -4.48. The molecule has 0 aliphatic heterocycles. The Kier molecular flexibility index (Phi) is 5.01. The number of hydrogen-bond donors (Lipinski definition) is 1. The van der Waals surface area contributed by atoms with Gasteiger partial charge in [-0.2, -0.15) is 36.0 Å². The third kappa shape index (κ3) is 3.94. The summed E-state index contributed by atoms with van der Waals surface area (Å²) in [7, 11) is 0. The fraction of sp³-hybridized carbons (Fsp3) is 0.120. The molecule has 2 heterocycles. The van der Waals surface area contributed by atoms with Gasteiger partial charge in [0.15, 0.2) is 0 Å². The van der Waals surface area contributed by atoms with Crippen molar-refractivity contribution in [1.29, 1.82) is 0 Å². The summed E-state index contributed by atoms with van der Waals surface area (Å²) in [6.07, 6.45) is -8.93. The maximum absolute atomic E-state index is 13.1. The molecule has 5 rings (SSSR count). The molecule has 0 bridgehead atoms. The van der Waals surface area contributed by atoms with Gasteiger partial charge in [0.2, 0.25) is 0 Å². The van der Waals surface area contributed by atoms with Crippen LogP contribution in [0.2, 0.25) is 0 Å². The van der Waals surface area contributed by atoms with Crippen LogP contribution in [-0.2, 0) is 12.4 Å². The van der Waals surface area contributed by atoms with Crippen LogP contribution in [0.5, 0.6) is 0 Å². The molecule has 0 saturated carbocycles. The number of halogens is 6. The summed E-state index contributed by atoms with van der Waals surface area (Å²) in [4.78, 5) is 16.2. The van der Waals surface area contributed by atoms with Gasteiger partial charge in [0, 0.05) is 5.56 Å². The van der Waals surface area contributed by atoms with Gasteiger partial charge in [-0.05, 0) is 60.0 Å². The first-order valence-corrected chi connectivity index (χ1v) is 10.3. The molecule has 35 heavy (non-hydrogen) atoms. The number of hydrogen-bond acceptors (Lipinski definition) is 2. The van der Waals surface area contributed by atoms with Gasteiger partial charge in [0.25, 0.3) is 5.56 Å². The van der Waals surface area contributed by atoms with Crippen molar-refractivity contribution in [2.75, 3.05) is 0 Å². The molecule has 178 valence electrons. The number of rotatable bonds is 2. The topological polar surface area (TPSA) is 50.2 Å². The minimum absolute atomic E-state index is 0.296. The maximum Gasteiger partial charge on any atom is 0.416 e. The van der Waals surface area contributed by atoms with Crippen molar-refractivity contribution >= 4 is 16.6 Å². The molecule has 0 aliphatic rings. The first-order chi connectivity index (χ1) is 16.4. The Morgan fingerprint density at radius 3 is 1.80 bits per heavy atom. The fourth-order valence-electron chi connectivity index (χ4n) is 4.07. The van der Waals surface area contributed by atoms with Crippen LogP contribution in [0.4, 0.5) is 26.3 Å². The molecule has 0 saturated heterocycles. The van der Waals surface area contributed by atoms with E-state index in [2.05, 4.69) is 10.1 Å². The van der Waals surface area contributed by atoms with Gasteiger partial charge in [-0.1, -0.05) is 30.3 Å². The second-order valence-electron chi connectivity index (χ2n) is 8.06. The molecule has 5 aromatic rings. The van der Waals surface area contributed by atoms with Crippen LogP contribution >= 0.6 is 0 Å². The molecule has 0 radical (unpaired) electrons. The zero-order chi connectivity index (χ0) is 25.1. The average molecular weight is 487 g/mol. The number of fused-ring (bicyclic) bond motifs is 2. The number of H-pyrrole nitrogens is 1. The fourth-order valence-corrected chi connectivity index (χ4v) is 4.07. The Labute approximate surface area is 193 Å². The molecule has 10 heteroatoms. The van der Waals surface area contributed by atoms with Crippen LogP contribution in [0, 0.1) is 6.92 Å². The molecule has 0 atom stereocenters. The van der Waals surface area contributed by atoms with Crippen molar-refractivity contribution < 1.29 is 26.3 Å². The van der Waals surface area contributed by atoms with E-state index in [0.29, 0.717) is 44.5 Å². The first-order valence-electron chi connectivity index (χ1n) is 10.3. The highest BCUT2D eigenvalue weighted by Crippen LogP contribution is 2.34. The van der Waals surface area contributed by atoms with Gasteiger partial charge in [0.05, 0.1) is 27.7 Å². The molecule has 1 N–H and O–H groups in total. The summed E-state index contributed by atoms with van der Waals surface area (Å²) in [6, 6.07) is 14.0. The summed E-state index contributed by atoms with van der Waals surface area (Å²) in [5, 5.41) is 4.57. The molecule has 0 unspecified atom stereocenters. The second kappa shape index (κ2) is 7.72. The second-order valence-corrected chi connectivity index (χ2v) is 8.06. The molecule has 4 nitrogen and oxygen atoms in total. The summed E-state index contributed by atoms with van der Waals surface area (Å²) < 4.78 is 78.7. The van der Waals surface area contributed by atoms with Crippen molar-refractivity contribution in [3.05, 3.63) is 93.9 Å². The van der Waals surface area contributed by atoms with Crippen LogP contribution in [-0.4, -0.2) is 14.6 Å². The zero-order valence-electron chi connectivity index (χ0n) is 17.9. The van der Waals surface area contributed by atoms with E-state index >= 15 is 0 Å². The Balaban J connectivity index is 1.65. The minimum Gasteiger partial charge on any atom is -0.339 e. The molecular formula is C25H15F6N3O. The van der Waals surface area contributed by atoms with Crippen molar-refractivity contribution in [3.63, 3.8) is 0 Å². The number of nitrogens with zero attached hydrogens (tertiary/aromatic N) is 2. The number of alkyl halides is 6. The zero-order valence-corrected chi connectivity index (χ0v) is 17.9. The van der Waals surface area contributed by atoms with E-state index in [-0.39, 0.29) is 0 Å². The molecular weight excluding hydrogens is 472 g/mol. The average Bonchev–Trinajstić information content (AvgIpc) is 3.14. The third-order valence-corrected chi connectivity index (χ3v) is 5.80. The van der Waals surface area contributed by atoms with Crippen LogP contribution in [0.1, 0.15) is 16.8 Å². The van der Waals surface area contributed by atoms with Crippen LogP contribution < -0.4 is 5.56 Å². The summed E-state index contributed by atoms with van der Waals surface area (Å²) in [6.45, 7) is 1.64. The van der Waals surface area contributed by atoms with Gasteiger partial charge in [-0.15, -0.1) is 0 Å². The van der Waals surface area contributed by atoms with E-state index in [9.17, 15) is 31.1 Å². The van der Waals surface area contributed by atoms with Crippen molar-refractivity contribution in [1.82, 2.24) is 14.6 Å². The van der Waals surface area contributed by atoms with Gasteiger partial charge in [-0.3, -0.25) is 4.79 Å². The summed E-state index contributed by atoms with van der Waals surface area (Å²) in [5.41, 5.74) is 1.16. The number of benzene rings is 3.